The maximum atomic E-state index is 4.34. The van der Waals surface area contributed by atoms with Crippen LogP contribution < -0.4 is 0 Å². The minimum absolute atomic E-state index is 0.471. The summed E-state index contributed by atoms with van der Waals surface area (Å²) in [5.41, 5.74) is 4.28. The second kappa shape index (κ2) is 9.45. The van der Waals surface area contributed by atoms with Crippen molar-refractivity contribution >= 4 is 0 Å². The van der Waals surface area contributed by atoms with Crippen LogP contribution in [0.2, 0.25) is 0 Å². The monoisotopic (exact) mass is 328 g/mol. The molecule has 0 aliphatic heterocycles. The molecule has 0 amide bonds. The van der Waals surface area contributed by atoms with Crippen molar-refractivity contribution in [3.05, 3.63) is 47.3 Å². The average molecular weight is 329 g/mol. The highest BCUT2D eigenvalue weighted by atomic mass is 15.1. The number of hydrogen-bond acceptors (Lipinski definition) is 4. The van der Waals surface area contributed by atoms with Crippen molar-refractivity contribution in [2.24, 2.45) is 0 Å². The highest BCUT2D eigenvalue weighted by molar-refractivity contribution is 5.11. The summed E-state index contributed by atoms with van der Waals surface area (Å²) in [5, 5.41) is 8.30. The number of aromatic nitrogens is 4. The van der Waals surface area contributed by atoms with Gasteiger partial charge in [-0.05, 0) is 35.8 Å². The van der Waals surface area contributed by atoms with E-state index in [4.69, 9.17) is 0 Å². The molecule has 0 radical (unpaired) electrons. The molecule has 0 aromatic carbocycles. The summed E-state index contributed by atoms with van der Waals surface area (Å²) >= 11 is 0. The second-order valence-corrected chi connectivity index (χ2v) is 7.37. The van der Waals surface area contributed by atoms with Crippen molar-refractivity contribution in [1.29, 1.82) is 0 Å². The van der Waals surface area contributed by atoms with Gasteiger partial charge in [-0.3, -0.25) is 9.97 Å². The smallest absolute Gasteiger partial charge is 0.0656 e. The molecule has 4 heteroatoms. The topological polar surface area (TPSA) is 51.6 Å². The molecular formula is C20H32N4. The second-order valence-electron chi connectivity index (χ2n) is 7.37. The Morgan fingerprint density at radius 2 is 0.792 bits per heavy atom. The summed E-state index contributed by atoms with van der Waals surface area (Å²) in [6.07, 6.45) is 3.75. The first-order valence-electron chi connectivity index (χ1n) is 8.87. The zero-order valence-corrected chi connectivity index (χ0v) is 16.4. The summed E-state index contributed by atoms with van der Waals surface area (Å²) in [5.74, 6) is 1.88. The number of nitrogens with zero attached hydrogens (tertiary/aromatic N) is 4. The van der Waals surface area contributed by atoms with Crippen LogP contribution in [0, 0.1) is 0 Å². The van der Waals surface area contributed by atoms with Crippen molar-refractivity contribution in [1.82, 2.24) is 20.2 Å². The van der Waals surface area contributed by atoms with Crippen LogP contribution in [-0.2, 0) is 0 Å². The molecule has 0 fully saturated rings. The Morgan fingerprint density at radius 1 is 0.500 bits per heavy atom. The summed E-state index contributed by atoms with van der Waals surface area (Å²) in [6, 6.07) is 4.12. The molecule has 0 N–H and O–H groups in total. The van der Waals surface area contributed by atoms with Gasteiger partial charge in [0.15, 0.2) is 0 Å². The molecule has 2 aromatic heterocycles. The molecule has 2 rings (SSSR count). The van der Waals surface area contributed by atoms with Crippen molar-refractivity contribution < 1.29 is 0 Å². The maximum absolute atomic E-state index is 4.34. The van der Waals surface area contributed by atoms with Crippen LogP contribution in [0.25, 0.3) is 0 Å². The Morgan fingerprint density at radius 3 is 0.958 bits per heavy atom. The van der Waals surface area contributed by atoms with E-state index in [2.05, 4.69) is 87.7 Å². The lowest BCUT2D eigenvalue weighted by atomic mass is 10.1. The molecule has 132 valence electrons. The van der Waals surface area contributed by atoms with Crippen LogP contribution in [0.5, 0.6) is 0 Å². The van der Waals surface area contributed by atoms with Gasteiger partial charge in [0.1, 0.15) is 0 Å². The van der Waals surface area contributed by atoms with Gasteiger partial charge in [-0.15, -0.1) is 0 Å². The van der Waals surface area contributed by atoms with E-state index >= 15 is 0 Å². The van der Waals surface area contributed by atoms with Gasteiger partial charge < -0.3 is 0 Å². The molecule has 0 unspecified atom stereocenters. The molecule has 0 saturated carbocycles. The summed E-state index contributed by atoms with van der Waals surface area (Å²) in [6.45, 7) is 17.0. The van der Waals surface area contributed by atoms with E-state index in [0.29, 0.717) is 23.7 Å². The van der Waals surface area contributed by atoms with Gasteiger partial charge in [0, 0.05) is 12.4 Å². The molecule has 2 heterocycles. The van der Waals surface area contributed by atoms with Gasteiger partial charge in [0.25, 0.3) is 0 Å². The Kier molecular flexibility index (Phi) is 7.96. The first-order valence-corrected chi connectivity index (χ1v) is 8.87. The molecule has 0 bridgehead atoms. The first-order chi connectivity index (χ1) is 11.2. The minimum atomic E-state index is 0.471. The molecule has 4 nitrogen and oxygen atoms in total. The molecule has 0 aliphatic carbocycles. The standard InChI is InChI=1S/2C10H16N2/c1-7(2)9-5-12-10(6-11-9)8(3)4;1-7(2)9-5-6-10(8(3)4)12-11-9/h2*5-8H,1-4H3. The van der Waals surface area contributed by atoms with Crippen LogP contribution in [0.1, 0.15) is 102 Å². The number of rotatable bonds is 4. The van der Waals surface area contributed by atoms with Gasteiger partial charge in [-0.1, -0.05) is 55.4 Å². The Labute approximate surface area is 147 Å². The quantitative estimate of drug-likeness (QED) is 0.749. The summed E-state index contributed by atoms with van der Waals surface area (Å²) in [4.78, 5) is 8.67. The fourth-order valence-corrected chi connectivity index (χ4v) is 1.91. The zero-order chi connectivity index (χ0) is 18.3. The van der Waals surface area contributed by atoms with E-state index in [1.165, 1.54) is 0 Å². The lowest BCUT2D eigenvalue weighted by Gasteiger charge is -2.06. The third-order valence-electron chi connectivity index (χ3n) is 3.76. The van der Waals surface area contributed by atoms with E-state index in [0.717, 1.165) is 22.8 Å². The highest BCUT2D eigenvalue weighted by Gasteiger charge is 2.04. The van der Waals surface area contributed by atoms with Crippen LogP contribution in [0.15, 0.2) is 24.5 Å². The molecular weight excluding hydrogens is 296 g/mol. The average Bonchev–Trinajstić information content (AvgIpc) is 2.55. The van der Waals surface area contributed by atoms with Crippen LogP contribution in [0.3, 0.4) is 0 Å². The normalized spacial score (nSPS) is 11.2. The molecule has 0 spiro atoms. The molecule has 2 aromatic rings. The largest absolute Gasteiger partial charge is 0.258 e. The first kappa shape index (κ1) is 20.2. The van der Waals surface area contributed by atoms with Gasteiger partial charge in [0.2, 0.25) is 0 Å². The lowest BCUT2D eigenvalue weighted by Crippen LogP contribution is -1.99. The fourth-order valence-electron chi connectivity index (χ4n) is 1.91. The Bertz CT molecular complexity index is 475. The van der Waals surface area contributed by atoms with E-state index in [1.54, 1.807) is 0 Å². The molecule has 0 aliphatic rings. The van der Waals surface area contributed by atoms with Crippen molar-refractivity contribution in [2.45, 2.75) is 79.1 Å². The fraction of sp³-hybridized carbons (Fsp3) is 0.600. The Balaban J connectivity index is 0.000000240. The highest BCUT2D eigenvalue weighted by Crippen LogP contribution is 2.14. The third-order valence-corrected chi connectivity index (χ3v) is 3.76. The van der Waals surface area contributed by atoms with Crippen molar-refractivity contribution in [3.8, 4) is 0 Å². The van der Waals surface area contributed by atoms with E-state index < -0.39 is 0 Å². The van der Waals surface area contributed by atoms with E-state index in [9.17, 15) is 0 Å². The van der Waals surface area contributed by atoms with Gasteiger partial charge in [0.05, 0.1) is 22.8 Å². The van der Waals surface area contributed by atoms with Gasteiger partial charge in [-0.25, -0.2) is 0 Å². The molecule has 0 atom stereocenters. The SMILES string of the molecule is CC(C)c1ccc(C(C)C)nn1.CC(C)c1cnc(C(C)C)cn1. The Hall–Kier alpha value is -1.84. The van der Waals surface area contributed by atoms with Crippen molar-refractivity contribution in [2.75, 3.05) is 0 Å². The minimum Gasteiger partial charge on any atom is -0.258 e. The van der Waals surface area contributed by atoms with Crippen LogP contribution >= 0.6 is 0 Å². The van der Waals surface area contributed by atoms with Gasteiger partial charge >= 0.3 is 0 Å². The number of hydrogen-bond donors (Lipinski definition) is 0. The third kappa shape index (κ3) is 6.34. The summed E-state index contributed by atoms with van der Waals surface area (Å²) in [7, 11) is 0. The molecule has 24 heavy (non-hydrogen) atoms. The van der Waals surface area contributed by atoms with E-state index in [-0.39, 0.29) is 0 Å². The van der Waals surface area contributed by atoms with E-state index in [1.807, 2.05) is 12.4 Å². The molecule has 0 saturated heterocycles. The van der Waals surface area contributed by atoms with Gasteiger partial charge in [-0.2, -0.15) is 10.2 Å². The summed E-state index contributed by atoms with van der Waals surface area (Å²) < 4.78 is 0. The lowest BCUT2D eigenvalue weighted by molar-refractivity contribution is 0.733. The predicted molar refractivity (Wildman–Crippen MR) is 100 cm³/mol. The zero-order valence-electron chi connectivity index (χ0n) is 16.4. The predicted octanol–water partition coefficient (Wildman–Crippen LogP) is 5.45. The maximum Gasteiger partial charge on any atom is 0.0656 e. The van der Waals surface area contributed by atoms with Crippen LogP contribution in [-0.4, -0.2) is 20.2 Å². The van der Waals surface area contributed by atoms with Crippen LogP contribution in [0.4, 0.5) is 0 Å². The van der Waals surface area contributed by atoms with Crippen molar-refractivity contribution in [3.63, 3.8) is 0 Å².